The first-order valence-corrected chi connectivity index (χ1v) is 9.08. The van der Waals surface area contributed by atoms with Gasteiger partial charge < -0.3 is 15.2 Å². The minimum absolute atomic E-state index is 0.134. The molecule has 0 heterocycles. The standard InChI is InChI=1S/C13H26N2O5S/c1-2-19-13(16)7-10-21(17,18)15-8-9-20-12-5-3-11(14)4-6-12/h11-12,15H,2-10,14H2,1H3. The summed E-state index contributed by atoms with van der Waals surface area (Å²) < 4.78 is 36.0. The Hall–Kier alpha value is -0.700. The number of nitrogens with two attached hydrogens (primary N) is 1. The second-order valence-electron chi connectivity index (χ2n) is 5.18. The normalized spacial score (nSPS) is 23.0. The second-order valence-corrected chi connectivity index (χ2v) is 7.10. The largest absolute Gasteiger partial charge is 0.466 e. The lowest BCUT2D eigenvalue weighted by Crippen LogP contribution is -2.34. The van der Waals surface area contributed by atoms with Gasteiger partial charge in [0.15, 0.2) is 0 Å². The average Bonchev–Trinajstić information content (AvgIpc) is 2.44. The van der Waals surface area contributed by atoms with E-state index in [4.69, 9.17) is 10.5 Å². The molecule has 0 bridgehead atoms. The average molecular weight is 322 g/mol. The van der Waals surface area contributed by atoms with Gasteiger partial charge in [-0.2, -0.15) is 0 Å². The summed E-state index contributed by atoms with van der Waals surface area (Å²) in [4.78, 5) is 11.1. The molecule has 0 spiro atoms. The number of sulfonamides is 1. The van der Waals surface area contributed by atoms with Crippen molar-refractivity contribution in [3.8, 4) is 0 Å². The van der Waals surface area contributed by atoms with Crippen LogP contribution in [-0.4, -0.2) is 52.0 Å². The highest BCUT2D eigenvalue weighted by molar-refractivity contribution is 7.89. The fraction of sp³-hybridized carbons (Fsp3) is 0.923. The van der Waals surface area contributed by atoms with Gasteiger partial charge in [0.05, 0.1) is 31.5 Å². The van der Waals surface area contributed by atoms with Gasteiger partial charge in [0.2, 0.25) is 10.0 Å². The second kappa shape index (κ2) is 9.34. The van der Waals surface area contributed by atoms with Crippen LogP contribution in [0.1, 0.15) is 39.0 Å². The van der Waals surface area contributed by atoms with E-state index in [2.05, 4.69) is 9.46 Å². The Morgan fingerprint density at radius 2 is 1.95 bits per heavy atom. The molecular formula is C13H26N2O5S. The van der Waals surface area contributed by atoms with E-state index in [0.717, 1.165) is 25.7 Å². The van der Waals surface area contributed by atoms with Crippen molar-refractivity contribution in [3.05, 3.63) is 0 Å². The number of ether oxygens (including phenoxy) is 2. The molecule has 0 aromatic heterocycles. The van der Waals surface area contributed by atoms with Gasteiger partial charge >= 0.3 is 5.97 Å². The Balaban J connectivity index is 2.11. The van der Waals surface area contributed by atoms with E-state index in [1.807, 2.05) is 0 Å². The monoisotopic (exact) mass is 322 g/mol. The number of carbonyl (C=O) groups excluding carboxylic acids is 1. The van der Waals surface area contributed by atoms with Crippen LogP contribution in [0.25, 0.3) is 0 Å². The predicted molar refractivity (Wildman–Crippen MR) is 79.2 cm³/mol. The zero-order valence-corrected chi connectivity index (χ0v) is 13.4. The van der Waals surface area contributed by atoms with Gasteiger partial charge in [0, 0.05) is 12.6 Å². The van der Waals surface area contributed by atoms with Crippen LogP contribution in [0.3, 0.4) is 0 Å². The molecule has 0 aliphatic heterocycles. The summed E-state index contributed by atoms with van der Waals surface area (Å²) >= 11 is 0. The predicted octanol–water partition coefficient (Wildman–Crippen LogP) is 0.146. The highest BCUT2D eigenvalue weighted by Crippen LogP contribution is 2.19. The quantitative estimate of drug-likeness (QED) is 0.462. The molecule has 0 atom stereocenters. The number of hydrogen-bond donors (Lipinski definition) is 2. The highest BCUT2D eigenvalue weighted by Gasteiger charge is 2.19. The molecule has 21 heavy (non-hydrogen) atoms. The van der Waals surface area contributed by atoms with Crippen LogP contribution >= 0.6 is 0 Å². The molecule has 0 unspecified atom stereocenters. The maximum absolute atomic E-state index is 11.6. The van der Waals surface area contributed by atoms with E-state index in [1.54, 1.807) is 6.92 Å². The van der Waals surface area contributed by atoms with Crippen molar-refractivity contribution in [2.75, 3.05) is 25.5 Å². The number of rotatable bonds is 9. The summed E-state index contributed by atoms with van der Waals surface area (Å²) in [6.45, 7) is 2.48. The van der Waals surface area contributed by atoms with E-state index in [-0.39, 0.29) is 37.5 Å². The van der Waals surface area contributed by atoms with Gasteiger partial charge in [0.25, 0.3) is 0 Å². The zero-order valence-electron chi connectivity index (χ0n) is 12.5. The summed E-state index contributed by atoms with van der Waals surface area (Å²) in [6, 6.07) is 0.270. The SMILES string of the molecule is CCOC(=O)CCS(=O)(=O)NCCOC1CCC(N)CC1. The van der Waals surface area contributed by atoms with Crippen LogP contribution in [-0.2, 0) is 24.3 Å². The van der Waals surface area contributed by atoms with E-state index in [9.17, 15) is 13.2 Å². The summed E-state index contributed by atoms with van der Waals surface area (Å²) in [7, 11) is -3.46. The Morgan fingerprint density at radius 1 is 1.29 bits per heavy atom. The van der Waals surface area contributed by atoms with E-state index < -0.39 is 16.0 Å². The molecule has 1 saturated carbocycles. The van der Waals surface area contributed by atoms with Crippen LogP contribution in [0, 0.1) is 0 Å². The first kappa shape index (κ1) is 18.3. The molecule has 0 radical (unpaired) electrons. The van der Waals surface area contributed by atoms with E-state index in [0.29, 0.717) is 6.61 Å². The van der Waals surface area contributed by atoms with Gasteiger partial charge in [-0.1, -0.05) is 0 Å². The molecule has 0 aromatic rings. The van der Waals surface area contributed by atoms with Crippen molar-refractivity contribution >= 4 is 16.0 Å². The number of carbonyl (C=O) groups is 1. The van der Waals surface area contributed by atoms with Crippen LogP contribution in [0.4, 0.5) is 0 Å². The first-order valence-electron chi connectivity index (χ1n) is 7.43. The Kier molecular flexibility index (Phi) is 8.16. The lowest BCUT2D eigenvalue weighted by atomic mass is 9.94. The van der Waals surface area contributed by atoms with Crippen LogP contribution < -0.4 is 10.5 Å². The Labute approximate surface area is 126 Å². The molecule has 1 fully saturated rings. The molecule has 0 saturated heterocycles. The molecule has 0 aromatic carbocycles. The minimum atomic E-state index is -3.46. The van der Waals surface area contributed by atoms with Crippen molar-refractivity contribution in [1.82, 2.24) is 4.72 Å². The van der Waals surface area contributed by atoms with Gasteiger partial charge in [-0.05, 0) is 32.6 Å². The third-order valence-electron chi connectivity index (χ3n) is 3.38. The summed E-state index contributed by atoms with van der Waals surface area (Å²) in [5.74, 6) is -0.762. The fourth-order valence-electron chi connectivity index (χ4n) is 2.20. The van der Waals surface area contributed by atoms with Gasteiger partial charge in [-0.3, -0.25) is 4.79 Å². The van der Waals surface area contributed by atoms with Crippen molar-refractivity contribution in [2.24, 2.45) is 5.73 Å². The maximum atomic E-state index is 11.6. The van der Waals surface area contributed by atoms with Gasteiger partial charge in [0.1, 0.15) is 0 Å². The van der Waals surface area contributed by atoms with Crippen LogP contribution in [0.2, 0.25) is 0 Å². The maximum Gasteiger partial charge on any atom is 0.306 e. The fourth-order valence-corrected chi connectivity index (χ4v) is 3.18. The number of esters is 1. The number of hydrogen-bond acceptors (Lipinski definition) is 6. The Bertz CT molecular complexity index is 405. The lowest BCUT2D eigenvalue weighted by molar-refractivity contribution is -0.142. The van der Waals surface area contributed by atoms with E-state index in [1.165, 1.54) is 0 Å². The van der Waals surface area contributed by atoms with Crippen molar-refractivity contribution in [3.63, 3.8) is 0 Å². The third-order valence-corrected chi connectivity index (χ3v) is 4.76. The molecule has 3 N–H and O–H groups in total. The van der Waals surface area contributed by atoms with E-state index >= 15 is 0 Å². The van der Waals surface area contributed by atoms with Crippen molar-refractivity contribution in [2.45, 2.75) is 51.2 Å². The number of nitrogens with one attached hydrogen (secondary N) is 1. The molecule has 1 aliphatic carbocycles. The highest BCUT2D eigenvalue weighted by atomic mass is 32.2. The first-order chi connectivity index (χ1) is 9.93. The Morgan fingerprint density at radius 3 is 2.57 bits per heavy atom. The lowest BCUT2D eigenvalue weighted by Gasteiger charge is -2.26. The summed E-state index contributed by atoms with van der Waals surface area (Å²) in [5.41, 5.74) is 5.80. The summed E-state index contributed by atoms with van der Waals surface area (Å²) in [5, 5.41) is 0. The molecule has 0 amide bonds. The summed E-state index contributed by atoms with van der Waals surface area (Å²) in [6.07, 6.45) is 3.80. The molecule has 8 heteroatoms. The zero-order chi connectivity index (χ0) is 15.7. The molecule has 1 aliphatic rings. The third kappa shape index (κ3) is 8.35. The molecule has 1 rings (SSSR count). The van der Waals surface area contributed by atoms with Gasteiger partial charge in [-0.25, -0.2) is 13.1 Å². The minimum Gasteiger partial charge on any atom is -0.466 e. The topological polar surface area (TPSA) is 108 Å². The van der Waals surface area contributed by atoms with Crippen molar-refractivity contribution in [1.29, 1.82) is 0 Å². The molecule has 124 valence electrons. The van der Waals surface area contributed by atoms with Gasteiger partial charge in [-0.15, -0.1) is 0 Å². The van der Waals surface area contributed by atoms with Crippen molar-refractivity contribution < 1.29 is 22.7 Å². The van der Waals surface area contributed by atoms with Crippen LogP contribution in [0.15, 0.2) is 0 Å². The molecular weight excluding hydrogens is 296 g/mol. The molecule has 7 nitrogen and oxygen atoms in total. The smallest absolute Gasteiger partial charge is 0.306 e. The van der Waals surface area contributed by atoms with Crippen LogP contribution in [0.5, 0.6) is 0 Å².